The Morgan fingerprint density at radius 3 is 1.00 bits per heavy atom. The maximum atomic E-state index is 2.45. The van der Waals surface area contributed by atoms with Crippen molar-refractivity contribution in [2.75, 3.05) is 0 Å². The van der Waals surface area contributed by atoms with Crippen LogP contribution < -0.4 is 21.9 Å². The van der Waals surface area contributed by atoms with Crippen LogP contribution >= 0.6 is 0 Å². The van der Waals surface area contributed by atoms with E-state index in [0.717, 1.165) is 0 Å². The molecule has 4 aromatic carbocycles. The Bertz CT molecular complexity index is 1750. The van der Waals surface area contributed by atoms with Crippen molar-refractivity contribution in [1.29, 1.82) is 0 Å². The van der Waals surface area contributed by atoms with E-state index in [0.29, 0.717) is 13.4 Å². The van der Waals surface area contributed by atoms with Gasteiger partial charge in [0.05, 0.1) is 0 Å². The number of hydrogen-bond donors (Lipinski definition) is 0. The fraction of sp³-hybridized carbons (Fsp3) is 0.105. The number of fused-ring (bicyclic) bond motifs is 2. The van der Waals surface area contributed by atoms with Crippen molar-refractivity contribution < 1.29 is 0 Å². The molecule has 196 valence electrons. The molecule has 0 unspecified atom stereocenters. The molecule has 4 aliphatic heterocycles. The minimum Gasteiger partial charge on any atom is -0.106 e. The maximum Gasteiger partial charge on any atom is 0.222 e. The lowest BCUT2D eigenvalue weighted by atomic mass is 9.10. The molecule has 0 aromatic heterocycles. The molecule has 0 radical (unpaired) electrons. The molecule has 0 N–H and O–H groups in total. The third-order valence-electron chi connectivity index (χ3n) is 9.97. The number of aryl methyl sites for hydroxylation is 4. The molecule has 0 fully saturated rings. The zero-order valence-electron chi connectivity index (χ0n) is 24.9. The summed E-state index contributed by atoms with van der Waals surface area (Å²) in [6.07, 6.45) is 4.89. The number of allylic oxidation sites excluding steroid dienone is 5. The highest BCUT2D eigenvalue weighted by Gasteiger charge is 2.53. The second-order valence-electron chi connectivity index (χ2n) is 12.8. The number of benzene rings is 4. The van der Waals surface area contributed by atoms with Gasteiger partial charge in [0.2, 0.25) is 26.9 Å². The van der Waals surface area contributed by atoms with Crippen molar-refractivity contribution in [2.45, 2.75) is 27.7 Å². The summed E-state index contributed by atoms with van der Waals surface area (Å²) in [5.74, 6) is 4.91. The summed E-state index contributed by atoms with van der Waals surface area (Å²) < 4.78 is 0. The third-order valence-corrected chi connectivity index (χ3v) is 9.97. The van der Waals surface area contributed by atoms with Crippen LogP contribution in [0.4, 0.5) is 0 Å². The van der Waals surface area contributed by atoms with Gasteiger partial charge in [-0.15, -0.1) is 28.1 Å². The van der Waals surface area contributed by atoms with E-state index in [1.165, 1.54) is 60.8 Å². The second-order valence-corrected chi connectivity index (χ2v) is 12.8. The average molecular weight is 532 g/mol. The maximum absolute atomic E-state index is 2.45. The molecule has 42 heavy (non-hydrogen) atoms. The molecular formula is C38H32B4. The van der Waals surface area contributed by atoms with Crippen molar-refractivity contribution >= 4 is 48.7 Å². The summed E-state index contributed by atoms with van der Waals surface area (Å²) in [4.78, 5) is 0. The van der Waals surface area contributed by atoms with Gasteiger partial charge in [-0.25, -0.2) is 0 Å². The Morgan fingerprint density at radius 1 is 0.357 bits per heavy atom. The third kappa shape index (κ3) is 3.88. The Morgan fingerprint density at radius 2 is 0.667 bits per heavy atom. The van der Waals surface area contributed by atoms with Crippen LogP contribution in [0.2, 0.25) is 0 Å². The standard InChI is InChI=1S/C38H32B4/c1-25-5-13-29(14-6-25)39-23-21-33-35-34-22-24-40(30-15-7-26(2)8-16-30)37(34)42(32-19-11-28(4)12-20-32)38(35)41(36(33)39)31-17-9-27(3)10-18-31/h5-24H,1-4H3. The molecule has 0 amide bonds. The quantitative estimate of drug-likeness (QED) is 0.318. The molecule has 0 saturated carbocycles. The van der Waals surface area contributed by atoms with E-state index in [9.17, 15) is 0 Å². The van der Waals surface area contributed by atoms with Crippen LogP contribution in [-0.2, 0) is 0 Å². The summed E-state index contributed by atoms with van der Waals surface area (Å²) in [6.45, 7) is 9.82. The fourth-order valence-corrected chi connectivity index (χ4v) is 7.86. The highest BCUT2D eigenvalue weighted by molar-refractivity contribution is 7.19. The Hall–Kier alpha value is -4.16. The first-order chi connectivity index (χ1) is 20.5. The van der Waals surface area contributed by atoms with Gasteiger partial charge in [-0.3, -0.25) is 0 Å². The SMILES string of the molecule is Cc1ccc(B2C=CC3=C2B(c2ccc(C)cc2)C2=C3C3=C(B(c4ccc(C)cc4)C=C3)B2c2ccc(C)cc2)cc1. The number of rotatable bonds is 4. The van der Waals surface area contributed by atoms with Crippen molar-refractivity contribution in [2.24, 2.45) is 0 Å². The predicted molar refractivity (Wildman–Crippen MR) is 186 cm³/mol. The van der Waals surface area contributed by atoms with Gasteiger partial charge in [-0.05, 0) is 44.4 Å². The molecule has 0 saturated heterocycles. The minimum atomic E-state index is 0.251. The zero-order valence-corrected chi connectivity index (χ0v) is 24.9. The zero-order chi connectivity index (χ0) is 28.5. The summed E-state index contributed by atoms with van der Waals surface area (Å²) >= 11 is 0. The van der Waals surface area contributed by atoms with Gasteiger partial charge in [0.25, 0.3) is 0 Å². The van der Waals surface area contributed by atoms with Crippen molar-refractivity contribution in [1.82, 2.24) is 0 Å². The molecule has 4 aliphatic rings. The van der Waals surface area contributed by atoms with Crippen molar-refractivity contribution in [3.63, 3.8) is 0 Å². The highest BCUT2D eigenvalue weighted by atomic mass is 14.3. The molecule has 4 heteroatoms. The van der Waals surface area contributed by atoms with E-state index in [1.807, 2.05) is 0 Å². The first-order valence-electron chi connectivity index (χ1n) is 15.3. The van der Waals surface area contributed by atoms with Crippen LogP contribution in [0.15, 0.2) is 154 Å². The lowest BCUT2D eigenvalue weighted by molar-refractivity contribution is 1.49. The topological polar surface area (TPSA) is 0 Å². The monoisotopic (exact) mass is 532 g/mol. The molecule has 0 aliphatic carbocycles. The lowest BCUT2D eigenvalue weighted by Crippen LogP contribution is -2.51. The second kappa shape index (κ2) is 9.70. The molecule has 4 heterocycles. The van der Waals surface area contributed by atoms with E-state index < -0.39 is 0 Å². The van der Waals surface area contributed by atoms with E-state index in [-0.39, 0.29) is 13.4 Å². The van der Waals surface area contributed by atoms with Gasteiger partial charge in [0.15, 0.2) is 0 Å². The van der Waals surface area contributed by atoms with Crippen molar-refractivity contribution in [3.8, 4) is 0 Å². The summed E-state index contributed by atoms with van der Waals surface area (Å²) in [5, 5.41) is 4.70. The van der Waals surface area contributed by atoms with E-state index in [2.05, 4.69) is 149 Å². The summed E-state index contributed by atoms with van der Waals surface area (Å²) in [6, 6.07) is 37.1. The van der Waals surface area contributed by atoms with E-state index in [4.69, 9.17) is 0 Å². The molecule has 0 atom stereocenters. The Balaban J connectivity index is 1.35. The van der Waals surface area contributed by atoms with Gasteiger partial charge >= 0.3 is 0 Å². The van der Waals surface area contributed by atoms with E-state index >= 15 is 0 Å². The van der Waals surface area contributed by atoms with Gasteiger partial charge in [-0.1, -0.05) is 153 Å². The Labute approximate surface area is 252 Å². The number of hydrogen-bond acceptors (Lipinski definition) is 0. The van der Waals surface area contributed by atoms with Crippen LogP contribution in [-0.4, -0.2) is 26.9 Å². The molecule has 0 nitrogen and oxygen atoms in total. The first-order valence-corrected chi connectivity index (χ1v) is 15.3. The summed E-state index contributed by atoms with van der Waals surface area (Å²) in [5.41, 5.74) is 15.2. The van der Waals surface area contributed by atoms with Gasteiger partial charge in [0.1, 0.15) is 0 Å². The predicted octanol–water partition coefficient (Wildman–Crippen LogP) is 5.20. The van der Waals surface area contributed by atoms with Crippen LogP contribution in [0, 0.1) is 27.7 Å². The van der Waals surface area contributed by atoms with Gasteiger partial charge in [-0.2, -0.15) is 0 Å². The molecule has 0 bridgehead atoms. The van der Waals surface area contributed by atoms with Gasteiger partial charge in [0, 0.05) is 0 Å². The van der Waals surface area contributed by atoms with E-state index in [1.54, 1.807) is 16.1 Å². The molecule has 8 rings (SSSR count). The largest absolute Gasteiger partial charge is 0.222 e. The molecule has 4 aromatic rings. The van der Waals surface area contributed by atoms with Crippen LogP contribution in [0.1, 0.15) is 22.3 Å². The average Bonchev–Trinajstić information content (AvgIpc) is 3.75. The van der Waals surface area contributed by atoms with Crippen LogP contribution in [0.5, 0.6) is 0 Å². The summed E-state index contributed by atoms with van der Waals surface area (Å²) in [7, 11) is 0. The Kier molecular flexibility index (Phi) is 5.90. The molecular weight excluding hydrogens is 500 g/mol. The smallest absolute Gasteiger partial charge is 0.106 e. The van der Waals surface area contributed by atoms with Crippen LogP contribution in [0.3, 0.4) is 0 Å². The highest BCUT2D eigenvalue weighted by Crippen LogP contribution is 2.50. The van der Waals surface area contributed by atoms with Crippen LogP contribution in [0.25, 0.3) is 0 Å². The lowest BCUT2D eigenvalue weighted by Gasteiger charge is -2.26. The normalized spacial score (nSPS) is 16.9. The molecule has 0 spiro atoms. The first kappa shape index (κ1) is 25.5. The fourth-order valence-electron chi connectivity index (χ4n) is 7.86. The van der Waals surface area contributed by atoms with Gasteiger partial charge < -0.3 is 0 Å². The minimum absolute atomic E-state index is 0.251. The van der Waals surface area contributed by atoms with Crippen molar-refractivity contribution in [3.05, 3.63) is 176 Å².